The van der Waals surface area contributed by atoms with Crippen LogP contribution in [0.5, 0.6) is 0 Å². The second-order valence-electron chi connectivity index (χ2n) is 5.23. The molecule has 0 aliphatic rings. The van der Waals surface area contributed by atoms with E-state index >= 15 is 0 Å². The number of methoxy groups -OCH3 is 1. The van der Waals surface area contributed by atoms with Crippen molar-refractivity contribution < 1.29 is 14.6 Å². The standard InChI is InChI=1S/C18H26O3/c1-3-4-5-6-7-12-17(21-2)16-11-9-8-10-15(16)13-14-18(19)20/h8-11,13-14,17H,3-7,12H2,1-2H3,(H,19,20)/b14-13+. The van der Waals surface area contributed by atoms with Gasteiger partial charge < -0.3 is 9.84 Å². The van der Waals surface area contributed by atoms with Crippen LogP contribution in [0.4, 0.5) is 0 Å². The quantitative estimate of drug-likeness (QED) is 0.496. The van der Waals surface area contributed by atoms with Gasteiger partial charge in [-0.3, -0.25) is 0 Å². The summed E-state index contributed by atoms with van der Waals surface area (Å²) in [5.74, 6) is -0.932. The van der Waals surface area contributed by atoms with E-state index in [2.05, 4.69) is 6.92 Å². The molecule has 0 heterocycles. The lowest BCUT2D eigenvalue weighted by Gasteiger charge is -2.18. The van der Waals surface area contributed by atoms with E-state index < -0.39 is 5.97 Å². The topological polar surface area (TPSA) is 46.5 Å². The first-order chi connectivity index (χ1) is 10.2. The Kier molecular flexibility index (Phi) is 8.44. The molecule has 0 radical (unpaired) electrons. The molecule has 0 spiro atoms. The van der Waals surface area contributed by atoms with Crippen LogP contribution in [0.1, 0.15) is 62.7 Å². The number of unbranched alkanes of at least 4 members (excludes halogenated alkanes) is 4. The Hall–Kier alpha value is -1.61. The minimum atomic E-state index is -0.932. The smallest absolute Gasteiger partial charge is 0.328 e. The number of ether oxygens (including phenoxy) is 1. The summed E-state index contributed by atoms with van der Waals surface area (Å²) in [5.41, 5.74) is 1.98. The Morgan fingerprint density at radius 2 is 1.95 bits per heavy atom. The number of carboxylic acids is 1. The van der Waals surface area contributed by atoms with Crippen molar-refractivity contribution in [2.24, 2.45) is 0 Å². The highest BCUT2D eigenvalue weighted by molar-refractivity contribution is 5.85. The molecule has 21 heavy (non-hydrogen) atoms. The average molecular weight is 290 g/mol. The van der Waals surface area contributed by atoms with Crippen molar-refractivity contribution in [2.45, 2.75) is 51.6 Å². The van der Waals surface area contributed by atoms with Gasteiger partial charge in [-0.25, -0.2) is 4.79 Å². The second-order valence-corrected chi connectivity index (χ2v) is 5.23. The maximum Gasteiger partial charge on any atom is 0.328 e. The van der Waals surface area contributed by atoms with Gasteiger partial charge in [0.25, 0.3) is 0 Å². The van der Waals surface area contributed by atoms with E-state index in [1.165, 1.54) is 31.8 Å². The fourth-order valence-electron chi connectivity index (χ4n) is 2.45. The predicted octanol–water partition coefficient (Wildman–Crippen LogP) is 4.83. The fourth-order valence-corrected chi connectivity index (χ4v) is 2.45. The van der Waals surface area contributed by atoms with Crippen molar-refractivity contribution >= 4 is 12.0 Å². The third-order valence-electron chi connectivity index (χ3n) is 3.60. The summed E-state index contributed by atoms with van der Waals surface area (Å²) < 4.78 is 5.61. The minimum absolute atomic E-state index is 0.0290. The van der Waals surface area contributed by atoms with Crippen molar-refractivity contribution in [3.63, 3.8) is 0 Å². The lowest BCUT2D eigenvalue weighted by molar-refractivity contribution is -0.131. The van der Waals surface area contributed by atoms with Crippen molar-refractivity contribution in [3.05, 3.63) is 41.5 Å². The number of rotatable bonds is 10. The zero-order valence-corrected chi connectivity index (χ0v) is 13.0. The van der Waals surface area contributed by atoms with Gasteiger partial charge >= 0.3 is 5.97 Å². The summed E-state index contributed by atoms with van der Waals surface area (Å²) in [6.45, 7) is 2.21. The Balaban J connectivity index is 2.69. The van der Waals surface area contributed by atoms with Crippen molar-refractivity contribution in [3.8, 4) is 0 Å². The maximum absolute atomic E-state index is 10.7. The Labute approximate surface area is 127 Å². The first-order valence-electron chi connectivity index (χ1n) is 7.71. The van der Waals surface area contributed by atoms with Gasteiger partial charge in [-0.05, 0) is 23.6 Å². The zero-order chi connectivity index (χ0) is 15.5. The summed E-state index contributed by atoms with van der Waals surface area (Å²) in [5, 5.41) is 8.77. The van der Waals surface area contributed by atoms with Crippen molar-refractivity contribution in [1.29, 1.82) is 0 Å². The highest BCUT2D eigenvalue weighted by Crippen LogP contribution is 2.27. The molecule has 0 amide bonds. The lowest BCUT2D eigenvalue weighted by atomic mass is 9.97. The van der Waals surface area contributed by atoms with Crippen LogP contribution >= 0.6 is 0 Å². The van der Waals surface area contributed by atoms with Crippen LogP contribution in [0.2, 0.25) is 0 Å². The number of benzene rings is 1. The van der Waals surface area contributed by atoms with E-state index in [0.29, 0.717) is 0 Å². The van der Waals surface area contributed by atoms with Crippen LogP contribution in [-0.2, 0) is 9.53 Å². The summed E-state index contributed by atoms with van der Waals surface area (Å²) in [7, 11) is 1.72. The SMILES string of the molecule is CCCCCCCC(OC)c1ccccc1/C=C/C(=O)O. The minimum Gasteiger partial charge on any atom is -0.478 e. The fraction of sp³-hybridized carbons (Fsp3) is 0.500. The third kappa shape index (κ3) is 6.58. The van der Waals surface area contributed by atoms with Gasteiger partial charge in [0.15, 0.2) is 0 Å². The molecule has 116 valence electrons. The molecule has 1 unspecified atom stereocenters. The normalized spacial score (nSPS) is 12.7. The maximum atomic E-state index is 10.7. The number of carboxylic acid groups (broad SMARTS) is 1. The average Bonchev–Trinajstić information content (AvgIpc) is 2.49. The number of hydrogen-bond acceptors (Lipinski definition) is 2. The lowest BCUT2D eigenvalue weighted by Crippen LogP contribution is -2.04. The largest absolute Gasteiger partial charge is 0.478 e. The number of aliphatic carboxylic acids is 1. The van der Waals surface area contributed by atoms with E-state index in [-0.39, 0.29) is 6.10 Å². The van der Waals surface area contributed by atoms with E-state index in [4.69, 9.17) is 9.84 Å². The number of hydrogen-bond donors (Lipinski definition) is 1. The summed E-state index contributed by atoms with van der Waals surface area (Å²) in [6.07, 6.45) is 9.98. The molecule has 0 aliphatic heterocycles. The van der Waals surface area contributed by atoms with Gasteiger partial charge in [0, 0.05) is 13.2 Å². The molecule has 0 aromatic heterocycles. The molecular weight excluding hydrogens is 264 g/mol. The molecule has 0 aliphatic carbocycles. The monoisotopic (exact) mass is 290 g/mol. The van der Waals surface area contributed by atoms with Gasteiger partial charge in [0.2, 0.25) is 0 Å². The van der Waals surface area contributed by atoms with Gasteiger partial charge in [-0.2, -0.15) is 0 Å². The molecule has 0 saturated carbocycles. The predicted molar refractivity (Wildman–Crippen MR) is 86.2 cm³/mol. The molecule has 0 saturated heterocycles. The molecule has 1 aromatic rings. The molecule has 1 rings (SSSR count). The number of carbonyl (C=O) groups is 1. The molecule has 1 aromatic carbocycles. The molecule has 3 nitrogen and oxygen atoms in total. The summed E-state index contributed by atoms with van der Waals surface area (Å²) in [4.78, 5) is 10.7. The van der Waals surface area contributed by atoms with E-state index in [9.17, 15) is 4.79 Å². The molecule has 1 N–H and O–H groups in total. The molecule has 0 fully saturated rings. The van der Waals surface area contributed by atoms with Crippen molar-refractivity contribution in [1.82, 2.24) is 0 Å². The van der Waals surface area contributed by atoms with Crippen molar-refractivity contribution in [2.75, 3.05) is 7.11 Å². The van der Waals surface area contributed by atoms with Crippen LogP contribution < -0.4 is 0 Å². The second kappa shape index (κ2) is 10.2. The molecule has 1 atom stereocenters. The third-order valence-corrected chi connectivity index (χ3v) is 3.60. The van der Waals surface area contributed by atoms with Crippen LogP contribution in [0.25, 0.3) is 6.08 Å². The highest BCUT2D eigenvalue weighted by Gasteiger charge is 2.13. The molecule has 3 heteroatoms. The highest BCUT2D eigenvalue weighted by atomic mass is 16.5. The first kappa shape index (κ1) is 17.4. The van der Waals surface area contributed by atoms with Gasteiger partial charge in [-0.15, -0.1) is 0 Å². The van der Waals surface area contributed by atoms with Crippen LogP contribution in [0.15, 0.2) is 30.3 Å². The van der Waals surface area contributed by atoms with E-state index in [1.54, 1.807) is 13.2 Å². The summed E-state index contributed by atoms with van der Waals surface area (Å²) >= 11 is 0. The van der Waals surface area contributed by atoms with Crippen LogP contribution in [0, 0.1) is 0 Å². The first-order valence-corrected chi connectivity index (χ1v) is 7.71. The van der Waals surface area contributed by atoms with Crippen LogP contribution in [0.3, 0.4) is 0 Å². The van der Waals surface area contributed by atoms with E-state index in [1.807, 2.05) is 24.3 Å². The molecule has 0 bridgehead atoms. The van der Waals surface area contributed by atoms with Gasteiger partial charge in [-0.1, -0.05) is 63.3 Å². The summed E-state index contributed by atoms with van der Waals surface area (Å²) in [6, 6.07) is 7.83. The van der Waals surface area contributed by atoms with Gasteiger partial charge in [0.1, 0.15) is 0 Å². The Morgan fingerprint density at radius 1 is 1.24 bits per heavy atom. The Morgan fingerprint density at radius 3 is 2.62 bits per heavy atom. The zero-order valence-electron chi connectivity index (χ0n) is 13.0. The van der Waals surface area contributed by atoms with E-state index in [0.717, 1.165) is 24.0 Å². The Bertz CT molecular complexity index is 452. The van der Waals surface area contributed by atoms with Crippen LogP contribution in [-0.4, -0.2) is 18.2 Å². The molecular formula is C18H26O3. The van der Waals surface area contributed by atoms with Gasteiger partial charge in [0.05, 0.1) is 6.10 Å².